The Morgan fingerprint density at radius 1 is 0.528 bits per heavy atom. The van der Waals surface area contributed by atoms with Crippen molar-refractivity contribution in [3.05, 3.63) is 121 Å². The van der Waals surface area contributed by atoms with Crippen molar-refractivity contribution in [3.8, 4) is 22.3 Å². The van der Waals surface area contributed by atoms with Crippen molar-refractivity contribution in [3.63, 3.8) is 0 Å². The quantitative estimate of drug-likeness (QED) is 0.256. The van der Waals surface area contributed by atoms with Crippen LogP contribution in [0.15, 0.2) is 126 Å². The molecule has 6 aromatic rings. The Labute approximate surface area is 212 Å². The fourth-order valence-corrected chi connectivity index (χ4v) is 5.21. The zero-order valence-electron chi connectivity index (χ0n) is 20.9. The molecule has 0 radical (unpaired) electrons. The molecular weight excluding hydrogens is 438 g/mol. The first-order chi connectivity index (χ1) is 17.5. The number of fused-ring (bicyclic) bond motifs is 3. The van der Waals surface area contributed by atoms with Crippen LogP contribution >= 0.6 is 0 Å². The number of para-hydroxylation sites is 1. The largest absolute Gasteiger partial charge is 0.456 e. The molecule has 36 heavy (non-hydrogen) atoms. The topological polar surface area (TPSA) is 16.4 Å². The summed E-state index contributed by atoms with van der Waals surface area (Å²) in [6, 6.07) is 42.9. The van der Waals surface area contributed by atoms with Crippen LogP contribution in [-0.2, 0) is 0 Å². The number of hydrogen-bond donors (Lipinski definition) is 0. The van der Waals surface area contributed by atoms with E-state index in [1.54, 1.807) is 0 Å². The zero-order chi connectivity index (χ0) is 24.7. The van der Waals surface area contributed by atoms with Gasteiger partial charge in [-0.3, -0.25) is 0 Å². The predicted octanol–water partition coefficient (Wildman–Crippen LogP) is 9.86. The molecule has 6 rings (SSSR count). The third kappa shape index (κ3) is 3.95. The molecule has 0 aliphatic rings. The van der Waals surface area contributed by atoms with E-state index in [0.29, 0.717) is 0 Å². The lowest BCUT2D eigenvalue weighted by atomic mass is 9.96. The third-order valence-corrected chi connectivity index (χ3v) is 6.70. The van der Waals surface area contributed by atoms with Crippen LogP contribution < -0.4 is 4.90 Å². The molecule has 0 fully saturated rings. The second-order valence-corrected chi connectivity index (χ2v) is 10.2. The van der Waals surface area contributed by atoms with Crippen molar-refractivity contribution in [2.45, 2.75) is 26.3 Å². The number of rotatable bonds is 4. The molecule has 1 aromatic heterocycles. The molecule has 0 aliphatic heterocycles. The highest BCUT2D eigenvalue weighted by molar-refractivity contribution is 6.12. The first-order valence-electron chi connectivity index (χ1n) is 12.5. The fourth-order valence-electron chi connectivity index (χ4n) is 5.21. The second kappa shape index (κ2) is 8.73. The van der Waals surface area contributed by atoms with Crippen LogP contribution in [0.25, 0.3) is 44.2 Å². The van der Waals surface area contributed by atoms with Crippen molar-refractivity contribution < 1.29 is 4.42 Å². The molecule has 2 heteroatoms. The first-order valence-corrected chi connectivity index (χ1v) is 12.5. The van der Waals surface area contributed by atoms with Gasteiger partial charge in [-0.1, -0.05) is 84.9 Å². The fraction of sp³-hybridized carbons (Fsp3) is 0.118. The van der Waals surface area contributed by atoms with Crippen LogP contribution in [0.5, 0.6) is 0 Å². The van der Waals surface area contributed by atoms with Crippen molar-refractivity contribution in [1.29, 1.82) is 0 Å². The molecule has 0 saturated carbocycles. The Hall–Kier alpha value is -4.30. The lowest BCUT2D eigenvalue weighted by molar-refractivity contribution is 0.560. The van der Waals surface area contributed by atoms with E-state index in [2.05, 4.69) is 135 Å². The SMILES string of the molecule is CC(C)(C)N(c1cccc(-c2ccccc2)c1)c1cccc(-c2cccc3oc4ccccc4c23)c1. The van der Waals surface area contributed by atoms with E-state index in [1.165, 1.54) is 33.3 Å². The van der Waals surface area contributed by atoms with Crippen molar-refractivity contribution in [2.75, 3.05) is 4.90 Å². The Bertz CT molecular complexity index is 1670. The van der Waals surface area contributed by atoms with Crippen molar-refractivity contribution in [2.24, 2.45) is 0 Å². The molecule has 1 heterocycles. The van der Waals surface area contributed by atoms with Gasteiger partial charge in [-0.25, -0.2) is 0 Å². The van der Waals surface area contributed by atoms with Gasteiger partial charge in [0, 0.05) is 27.7 Å². The van der Waals surface area contributed by atoms with E-state index in [1.807, 2.05) is 12.1 Å². The van der Waals surface area contributed by atoms with Gasteiger partial charge >= 0.3 is 0 Å². The maximum absolute atomic E-state index is 6.16. The molecular formula is C34H29NO. The maximum Gasteiger partial charge on any atom is 0.136 e. The first kappa shape index (κ1) is 22.2. The van der Waals surface area contributed by atoms with Crippen LogP contribution in [0.1, 0.15) is 20.8 Å². The predicted molar refractivity (Wildman–Crippen MR) is 153 cm³/mol. The lowest BCUT2D eigenvalue weighted by Gasteiger charge is -2.38. The molecule has 0 unspecified atom stereocenters. The van der Waals surface area contributed by atoms with Crippen molar-refractivity contribution in [1.82, 2.24) is 0 Å². The smallest absolute Gasteiger partial charge is 0.136 e. The number of hydrogen-bond acceptors (Lipinski definition) is 2. The van der Waals surface area contributed by atoms with Crippen LogP contribution in [0.4, 0.5) is 11.4 Å². The second-order valence-electron chi connectivity index (χ2n) is 10.2. The van der Waals surface area contributed by atoms with Gasteiger partial charge < -0.3 is 9.32 Å². The van der Waals surface area contributed by atoms with Gasteiger partial charge in [-0.2, -0.15) is 0 Å². The highest BCUT2D eigenvalue weighted by atomic mass is 16.3. The summed E-state index contributed by atoms with van der Waals surface area (Å²) in [6.07, 6.45) is 0. The van der Waals surface area contributed by atoms with Gasteiger partial charge in [0.1, 0.15) is 11.2 Å². The Morgan fingerprint density at radius 2 is 1.11 bits per heavy atom. The van der Waals surface area contributed by atoms with Gasteiger partial charge in [0.25, 0.3) is 0 Å². The van der Waals surface area contributed by atoms with E-state index in [9.17, 15) is 0 Å². The maximum atomic E-state index is 6.16. The molecule has 2 nitrogen and oxygen atoms in total. The standard InChI is InChI=1S/C34H29NO/c1-34(2,3)35(27-16-9-14-25(22-27)24-12-5-4-6-13-24)28-17-10-15-26(23-28)29-19-11-21-32-33(29)30-18-7-8-20-31(30)36-32/h4-23H,1-3H3. The lowest BCUT2D eigenvalue weighted by Crippen LogP contribution is -2.37. The van der Waals surface area contributed by atoms with Gasteiger partial charge in [-0.15, -0.1) is 0 Å². The van der Waals surface area contributed by atoms with Crippen LogP contribution in [-0.4, -0.2) is 5.54 Å². The third-order valence-electron chi connectivity index (χ3n) is 6.70. The Balaban J connectivity index is 1.49. The molecule has 0 atom stereocenters. The molecule has 0 aliphatic carbocycles. The van der Waals surface area contributed by atoms with E-state index in [4.69, 9.17) is 4.42 Å². The zero-order valence-corrected chi connectivity index (χ0v) is 20.9. The average molecular weight is 468 g/mol. The van der Waals surface area contributed by atoms with E-state index in [-0.39, 0.29) is 5.54 Å². The van der Waals surface area contributed by atoms with Crippen LogP contribution in [0.2, 0.25) is 0 Å². The van der Waals surface area contributed by atoms with E-state index in [0.717, 1.165) is 22.2 Å². The average Bonchev–Trinajstić information content (AvgIpc) is 3.28. The summed E-state index contributed by atoms with van der Waals surface area (Å²) in [4.78, 5) is 2.43. The molecule has 0 amide bonds. The number of furan rings is 1. The van der Waals surface area contributed by atoms with Crippen molar-refractivity contribution >= 4 is 33.3 Å². The normalized spacial score (nSPS) is 11.8. The summed E-state index contributed by atoms with van der Waals surface area (Å²) in [7, 11) is 0. The summed E-state index contributed by atoms with van der Waals surface area (Å²) < 4.78 is 6.16. The van der Waals surface area contributed by atoms with Gasteiger partial charge in [0.15, 0.2) is 0 Å². The molecule has 176 valence electrons. The molecule has 0 bridgehead atoms. The highest BCUT2D eigenvalue weighted by Gasteiger charge is 2.24. The minimum Gasteiger partial charge on any atom is -0.456 e. The molecule has 5 aromatic carbocycles. The Morgan fingerprint density at radius 3 is 1.86 bits per heavy atom. The molecule has 0 saturated heterocycles. The summed E-state index contributed by atoms with van der Waals surface area (Å²) >= 11 is 0. The van der Waals surface area contributed by atoms with Gasteiger partial charge in [0.05, 0.1) is 0 Å². The molecule has 0 N–H and O–H groups in total. The molecule has 0 spiro atoms. The Kier molecular flexibility index (Phi) is 5.38. The highest BCUT2D eigenvalue weighted by Crippen LogP contribution is 2.40. The van der Waals surface area contributed by atoms with Gasteiger partial charge in [0.2, 0.25) is 0 Å². The number of nitrogens with zero attached hydrogens (tertiary/aromatic N) is 1. The number of benzene rings is 5. The summed E-state index contributed by atoms with van der Waals surface area (Å²) in [6.45, 7) is 6.79. The van der Waals surface area contributed by atoms with Gasteiger partial charge in [-0.05, 0) is 79.4 Å². The summed E-state index contributed by atoms with van der Waals surface area (Å²) in [5.41, 5.74) is 8.86. The summed E-state index contributed by atoms with van der Waals surface area (Å²) in [5.74, 6) is 0. The van der Waals surface area contributed by atoms with E-state index < -0.39 is 0 Å². The monoisotopic (exact) mass is 467 g/mol. The number of anilines is 2. The van der Waals surface area contributed by atoms with E-state index >= 15 is 0 Å². The summed E-state index contributed by atoms with van der Waals surface area (Å²) in [5, 5.41) is 2.32. The minimum absolute atomic E-state index is 0.123. The van der Waals surface area contributed by atoms with Crippen LogP contribution in [0.3, 0.4) is 0 Å². The minimum atomic E-state index is -0.123. The van der Waals surface area contributed by atoms with Crippen LogP contribution in [0, 0.1) is 0 Å².